The van der Waals surface area contributed by atoms with Crippen molar-refractivity contribution in [1.82, 2.24) is 9.80 Å². The maximum absolute atomic E-state index is 11.3. The molecule has 1 aliphatic rings. The van der Waals surface area contributed by atoms with Gasteiger partial charge >= 0.3 is 0 Å². The summed E-state index contributed by atoms with van der Waals surface area (Å²) in [6, 6.07) is 0. The number of rotatable bonds is 6. The van der Waals surface area contributed by atoms with E-state index in [-0.39, 0.29) is 12.7 Å². The molecular weight excluding hydrogens is 260 g/mol. The average Bonchev–Trinajstić information content (AvgIpc) is 2.78. The van der Waals surface area contributed by atoms with Crippen LogP contribution in [-0.4, -0.2) is 72.8 Å². The summed E-state index contributed by atoms with van der Waals surface area (Å²) < 4.78 is 5.78. The van der Waals surface area contributed by atoms with Gasteiger partial charge in [-0.2, -0.15) is 0 Å². The lowest BCUT2D eigenvalue weighted by Gasteiger charge is -2.39. The third-order valence-electron chi connectivity index (χ3n) is 3.79. The predicted molar refractivity (Wildman–Crippen MR) is 77.0 cm³/mol. The van der Waals surface area contributed by atoms with E-state index in [0.717, 1.165) is 0 Å². The summed E-state index contributed by atoms with van der Waals surface area (Å²) in [6.45, 7) is 1.92. The summed E-state index contributed by atoms with van der Waals surface area (Å²) in [5, 5.41) is 9.30. The quantitative estimate of drug-likeness (QED) is 0.385. The number of amidine groups is 1. The molecule has 1 rings (SSSR count). The highest BCUT2D eigenvalue weighted by molar-refractivity contribution is 5.91. The van der Waals surface area contributed by atoms with Crippen LogP contribution in [0.2, 0.25) is 0 Å². The lowest BCUT2D eigenvalue weighted by Crippen LogP contribution is -2.54. The topological polar surface area (TPSA) is 91.4 Å². The van der Waals surface area contributed by atoms with E-state index in [9.17, 15) is 9.90 Å². The highest BCUT2D eigenvalue weighted by Crippen LogP contribution is 2.35. The predicted octanol–water partition coefficient (Wildman–Crippen LogP) is -0.627. The van der Waals surface area contributed by atoms with Gasteiger partial charge in [0.05, 0.1) is 18.2 Å². The molecule has 0 radical (unpaired) electrons. The number of nitrogens with two attached hydrogens (primary N) is 1. The number of aliphatic hydroxyl groups excluding tert-OH is 1. The molecule has 1 fully saturated rings. The Morgan fingerprint density at radius 3 is 2.70 bits per heavy atom. The van der Waals surface area contributed by atoms with Crippen molar-refractivity contribution in [2.24, 2.45) is 10.7 Å². The number of ether oxygens (including phenoxy) is 1. The van der Waals surface area contributed by atoms with Crippen molar-refractivity contribution in [2.45, 2.75) is 31.2 Å². The van der Waals surface area contributed by atoms with Gasteiger partial charge in [-0.25, -0.2) is 0 Å². The summed E-state index contributed by atoms with van der Waals surface area (Å²) in [5.41, 5.74) is 5.19. The monoisotopic (exact) mass is 284 g/mol. The van der Waals surface area contributed by atoms with Crippen molar-refractivity contribution in [3.8, 4) is 0 Å². The molecule has 3 N–H and O–H groups in total. The van der Waals surface area contributed by atoms with Gasteiger partial charge in [-0.1, -0.05) is 0 Å². The van der Waals surface area contributed by atoms with Crippen LogP contribution in [0.3, 0.4) is 0 Å². The number of carbonyl (C=O) groups is 1. The molecule has 0 aliphatic carbocycles. The zero-order chi connectivity index (χ0) is 15.3. The van der Waals surface area contributed by atoms with Crippen molar-refractivity contribution in [3.05, 3.63) is 12.3 Å². The number of hydrogen-bond donors (Lipinski definition) is 2. The van der Waals surface area contributed by atoms with Crippen LogP contribution in [0.15, 0.2) is 17.3 Å². The molecule has 0 spiro atoms. The van der Waals surface area contributed by atoms with Crippen LogP contribution in [0.4, 0.5) is 0 Å². The average molecular weight is 284 g/mol. The van der Waals surface area contributed by atoms with E-state index in [1.165, 1.54) is 4.90 Å². The van der Waals surface area contributed by atoms with Gasteiger partial charge in [-0.3, -0.25) is 19.6 Å². The molecule has 0 aromatic carbocycles. The van der Waals surface area contributed by atoms with Crippen molar-refractivity contribution in [1.29, 1.82) is 0 Å². The van der Waals surface area contributed by atoms with Crippen LogP contribution in [0.5, 0.6) is 0 Å². The van der Waals surface area contributed by atoms with Gasteiger partial charge in [-0.15, -0.1) is 0 Å². The van der Waals surface area contributed by atoms with Crippen LogP contribution < -0.4 is 5.73 Å². The first kappa shape index (κ1) is 16.6. The third kappa shape index (κ3) is 3.36. The zero-order valence-corrected chi connectivity index (χ0v) is 12.5. The van der Waals surface area contributed by atoms with Gasteiger partial charge < -0.3 is 15.6 Å². The Morgan fingerprint density at radius 1 is 1.60 bits per heavy atom. The first-order chi connectivity index (χ1) is 9.38. The molecule has 0 aromatic rings. The molecule has 1 amide bonds. The van der Waals surface area contributed by atoms with Crippen molar-refractivity contribution >= 4 is 12.2 Å². The van der Waals surface area contributed by atoms with E-state index in [1.54, 1.807) is 19.3 Å². The number of aliphatic imine (C=N–C) groups is 1. The number of nitrogens with zero attached hydrogens (tertiary/aromatic N) is 3. The van der Waals surface area contributed by atoms with Crippen molar-refractivity contribution < 1.29 is 14.6 Å². The Morgan fingerprint density at radius 2 is 2.25 bits per heavy atom. The Bertz CT molecular complexity index is 397. The molecule has 114 valence electrons. The number of hydrogen-bond acceptors (Lipinski definition) is 5. The second-order valence-electron chi connectivity index (χ2n) is 5.27. The Labute approximate surface area is 119 Å². The first-order valence-electron chi connectivity index (χ1n) is 6.46. The molecule has 7 nitrogen and oxygen atoms in total. The van der Waals surface area contributed by atoms with E-state index >= 15 is 0 Å². The van der Waals surface area contributed by atoms with E-state index < -0.39 is 11.8 Å². The Balaban J connectivity index is 2.99. The smallest absolute Gasteiger partial charge is 0.215 e. The Kier molecular flexibility index (Phi) is 5.67. The molecular formula is C13H24N4O3. The molecule has 1 heterocycles. The third-order valence-corrected chi connectivity index (χ3v) is 3.79. The minimum absolute atomic E-state index is 0.0745. The number of aliphatic hydroxyl groups is 1. The SMILES string of the molecule is CN=C(N)/C=C\N(C=O)C1OC(CO)C[C@@]1(C)N(C)C. The summed E-state index contributed by atoms with van der Waals surface area (Å²) in [7, 11) is 5.41. The molecule has 3 atom stereocenters. The molecule has 1 saturated heterocycles. The van der Waals surface area contributed by atoms with E-state index in [0.29, 0.717) is 18.7 Å². The first-order valence-corrected chi connectivity index (χ1v) is 6.46. The standard InChI is InChI=1S/C13H24N4O3/c1-13(16(3)4)7-10(8-18)20-12(13)17(9-19)6-5-11(14)15-2/h5-6,9-10,12,18H,7-8H2,1-4H3,(H2,14,15)/b6-5-/t10?,12?,13-/m1/s1. The molecule has 0 bridgehead atoms. The van der Waals surface area contributed by atoms with Gasteiger partial charge in [0.2, 0.25) is 6.41 Å². The van der Waals surface area contributed by atoms with Crippen molar-refractivity contribution in [3.63, 3.8) is 0 Å². The fraction of sp³-hybridized carbons (Fsp3) is 0.692. The Hall–Kier alpha value is -1.44. The summed E-state index contributed by atoms with van der Waals surface area (Å²) in [4.78, 5) is 18.5. The summed E-state index contributed by atoms with van der Waals surface area (Å²) >= 11 is 0. The number of likely N-dealkylation sites (N-methyl/N-ethyl adjacent to an activating group) is 1. The number of carbonyl (C=O) groups excluding carboxylic acids is 1. The van der Waals surface area contributed by atoms with Crippen LogP contribution in [0.25, 0.3) is 0 Å². The fourth-order valence-electron chi connectivity index (χ4n) is 2.25. The number of amides is 1. The maximum Gasteiger partial charge on any atom is 0.215 e. The minimum Gasteiger partial charge on any atom is -0.394 e. The van der Waals surface area contributed by atoms with Crippen LogP contribution in [0.1, 0.15) is 13.3 Å². The highest BCUT2D eigenvalue weighted by atomic mass is 16.5. The molecule has 1 aliphatic heterocycles. The van der Waals surface area contributed by atoms with Gasteiger partial charge in [0, 0.05) is 13.2 Å². The van der Waals surface area contributed by atoms with Gasteiger partial charge in [0.1, 0.15) is 5.84 Å². The largest absolute Gasteiger partial charge is 0.394 e. The molecule has 20 heavy (non-hydrogen) atoms. The molecule has 0 aromatic heterocycles. The summed E-state index contributed by atoms with van der Waals surface area (Å²) in [5.74, 6) is 0.320. The molecule has 7 heteroatoms. The normalized spacial score (nSPS) is 31.2. The summed E-state index contributed by atoms with van der Waals surface area (Å²) in [6.07, 6.45) is 3.62. The van der Waals surface area contributed by atoms with Crippen LogP contribution >= 0.6 is 0 Å². The molecule has 2 unspecified atom stereocenters. The van der Waals surface area contributed by atoms with Crippen molar-refractivity contribution in [2.75, 3.05) is 27.7 Å². The highest BCUT2D eigenvalue weighted by Gasteiger charge is 2.48. The van der Waals surface area contributed by atoms with Gasteiger partial charge in [0.25, 0.3) is 0 Å². The fourth-order valence-corrected chi connectivity index (χ4v) is 2.25. The van der Waals surface area contributed by atoms with Gasteiger partial charge in [0.15, 0.2) is 6.23 Å². The maximum atomic E-state index is 11.3. The lowest BCUT2D eigenvalue weighted by atomic mass is 9.94. The van der Waals surface area contributed by atoms with Crippen LogP contribution in [0, 0.1) is 0 Å². The molecule has 0 saturated carbocycles. The lowest BCUT2D eigenvalue weighted by molar-refractivity contribution is -0.134. The second-order valence-corrected chi connectivity index (χ2v) is 5.27. The second kappa shape index (κ2) is 6.83. The minimum atomic E-state index is -0.493. The van der Waals surface area contributed by atoms with E-state index in [4.69, 9.17) is 10.5 Å². The zero-order valence-electron chi connectivity index (χ0n) is 12.5. The van der Waals surface area contributed by atoms with Crippen LogP contribution in [-0.2, 0) is 9.53 Å². The van der Waals surface area contributed by atoms with Gasteiger partial charge in [-0.05, 0) is 33.5 Å². The van der Waals surface area contributed by atoms with E-state index in [1.807, 2.05) is 25.9 Å². The van der Waals surface area contributed by atoms with E-state index in [2.05, 4.69) is 4.99 Å².